The number of likely N-dealkylation sites (tertiary alicyclic amines) is 1. The Bertz CT molecular complexity index is 535. The quantitative estimate of drug-likeness (QED) is 0.891. The molecule has 0 bridgehead atoms. The number of nitrogens with zero attached hydrogens (tertiary/aromatic N) is 3. The van der Waals surface area contributed by atoms with Crippen LogP contribution in [0.1, 0.15) is 44.1 Å². The number of carbonyl (C=O) groups excluding carboxylic acids is 1. The van der Waals surface area contributed by atoms with Crippen LogP contribution in [0.15, 0.2) is 6.07 Å². The molecule has 1 amide bonds. The fourth-order valence-electron chi connectivity index (χ4n) is 2.42. The topological polar surface area (TPSA) is 70.1 Å². The number of hydrogen-bond acceptors (Lipinski definition) is 5. The highest BCUT2D eigenvalue weighted by atomic mass is 35.5. The van der Waals surface area contributed by atoms with E-state index in [-0.39, 0.29) is 16.6 Å². The van der Waals surface area contributed by atoms with Crippen molar-refractivity contribution < 1.29 is 4.79 Å². The molecule has 1 aromatic heterocycles. The summed E-state index contributed by atoms with van der Waals surface area (Å²) in [5, 5.41) is 14.4. The van der Waals surface area contributed by atoms with Gasteiger partial charge in [-0.15, -0.1) is 10.2 Å². The third-order valence-electron chi connectivity index (χ3n) is 3.55. The molecule has 2 heterocycles. The second-order valence-corrected chi connectivity index (χ2v) is 7.24. The van der Waals surface area contributed by atoms with E-state index in [4.69, 9.17) is 11.6 Å². The van der Waals surface area contributed by atoms with E-state index in [0.717, 1.165) is 25.9 Å². The predicted molar refractivity (Wildman–Crippen MR) is 88.4 cm³/mol. The molecule has 1 aromatic rings. The lowest BCUT2D eigenvalue weighted by molar-refractivity contribution is 0.0914. The highest BCUT2D eigenvalue weighted by molar-refractivity contribution is 6.29. The van der Waals surface area contributed by atoms with Crippen molar-refractivity contribution in [2.75, 3.05) is 25.5 Å². The minimum Gasteiger partial charge on any atom is -0.380 e. The zero-order valence-electron chi connectivity index (χ0n) is 13.6. The molecule has 1 fully saturated rings. The van der Waals surface area contributed by atoms with Crippen LogP contribution in [0.5, 0.6) is 0 Å². The van der Waals surface area contributed by atoms with Gasteiger partial charge in [-0.3, -0.25) is 4.79 Å². The molecule has 2 N–H and O–H groups in total. The number of hydrogen-bond donors (Lipinski definition) is 2. The summed E-state index contributed by atoms with van der Waals surface area (Å²) < 4.78 is 0. The molecule has 1 aliphatic rings. The summed E-state index contributed by atoms with van der Waals surface area (Å²) in [7, 11) is 2.11. The van der Waals surface area contributed by atoms with Gasteiger partial charge >= 0.3 is 0 Å². The fraction of sp³-hybridized carbons (Fsp3) is 0.667. The van der Waals surface area contributed by atoms with Crippen molar-refractivity contribution >= 4 is 23.2 Å². The molecule has 122 valence electrons. The summed E-state index contributed by atoms with van der Waals surface area (Å²) in [5.74, 6) is -0.243. The Morgan fingerprint density at radius 1 is 1.32 bits per heavy atom. The van der Waals surface area contributed by atoms with Crippen LogP contribution in [-0.4, -0.2) is 52.7 Å². The van der Waals surface area contributed by atoms with E-state index in [2.05, 4.69) is 32.8 Å². The highest BCUT2D eigenvalue weighted by Crippen LogP contribution is 2.21. The van der Waals surface area contributed by atoms with Crippen LogP contribution in [0.2, 0.25) is 5.15 Å². The smallest absolute Gasteiger partial charge is 0.274 e. The third-order valence-corrected chi connectivity index (χ3v) is 3.73. The molecule has 0 radical (unpaired) electrons. The van der Waals surface area contributed by atoms with E-state index >= 15 is 0 Å². The summed E-state index contributed by atoms with van der Waals surface area (Å²) in [6.07, 6.45) is 2.05. The van der Waals surface area contributed by atoms with Gasteiger partial charge in [-0.1, -0.05) is 11.6 Å². The van der Waals surface area contributed by atoms with Crippen LogP contribution >= 0.6 is 11.6 Å². The molecule has 22 heavy (non-hydrogen) atoms. The van der Waals surface area contributed by atoms with E-state index in [1.165, 1.54) is 0 Å². The number of rotatable bonds is 3. The SMILES string of the molecule is CN1CCC(Nc2cc(Cl)nnc2C(=O)NC(C)(C)C)CC1. The maximum absolute atomic E-state index is 12.4. The number of aromatic nitrogens is 2. The third kappa shape index (κ3) is 4.81. The predicted octanol–water partition coefficient (Wildman–Crippen LogP) is 2.16. The molecule has 0 aromatic carbocycles. The van der Waals surface area contributed by atoms with Crippen LogP contribution < -0.4 is 10.6 Å². The summed E-state index contributed by atoms with van der Waals surface area (Å²) in [6, 6.07) is 1.99. The van der Waals surface area contributed by atoms with Crippen LogP contribution in [0, 0.1) is 0 Å². The van der Waals surface area contributed by atoms with Crippen LogP contribution in [0.25, 0.3) is 0 Å². The molecule has 1 saturated heterocycles. The van der Waals surface area contributed by atoms with Crippen LogP contribution in [-0.2, 0) is 0 Å². The normalized spacial score (nSPS) is 17.3. The first-order valence-corrected chi connectivity index (χ1v) is 7.93. The van der Waals surface area contributed by atoms with Gasteiger partial charge in [0.05, 0.1) is 5.69 Å². The number of carbonyl (C=O) groups is 1. The molecule has 2 rings (SSSR count). The van der Waals surface area contributed by atoms with Crippen molar-refractivity contribution in [3.8, 4) is 0 Å². The van der Waals surface area contributed by atoms with Gasteiger partial charge in [0.15, 0.2) is 10.8 Å². The van der Waals surface area contributed by atoms with E-state index in [1.54, 1.807) is 6.07 Å². The Kier molecular flexibility index (Phi) is 5.24. The lowest BCUT2D eigenvalue weighted by atomic mass is 10.0. The Balaban J connectivity index is 2.15. The van der Waals surface area contributed by atoms with Gasteiger partial charge in [-0.2, -0.15) is 0 Å². The van der Waals surface area contributed by atoms with Crippen molar-refractivity contribution in [2.24, 2.45) is 0 Å². The summed E-state index contributed by atoms with van der Waals surface area (Å²) in [6.45, 7) is 7.86. The molecule has 1 aliphatic heterocycles. The van der Waals surface area contributed by atoms with Gasteiger partial charge in [-0.05, 0) is 53.8 Å². The van der Waals surface area contributed by atoms with Gasteiger partial charge < -0.3 is 15.5 Å². The zero-order chi connectivity index (χ0) is 16.3. The van der Waals surface area contributed by atoms with Gasteiger partial charge in [-0.25, -0.2) is 0 Å². The van der Waals surface area contributed by atoms with Crippen molar-refractivity contribution in [2.45, 2.75) is 45.2 Å². The van der Waals surface area contributed by atoms with Crippen molar-refractivity contribution in [1.29, 1.82) is 0 Å². The molecule has 0 aliphatic carbocycles. The average molecular weight is 326 g/mol. The first-order chi connectivity index (χ1) is 10.2. The molecule has 0 spiro atoms. The van der Waals surface area contributed by atoms with Gasteiger partial charge in [0, 0.05) is 17.6 Å². The lowest BCUT2D eigenvalue weighted by Gasteiger charge is -2.30. The summed E-state index contributed by atoms with van der Waals surface area (Å²) in [4.78, 5) is 14.7. The van der Waals surface area contributed by atoms with Crippen molar-refractivity contribution in [1.82, 2.24) is 20.4 Å². The summed E-state index contributed by atoms with van der Waals surface area (Å²) >= 11 is 5.94. The van der Waals surface area contributed by atoms with E-state index < -0.39 is 0 Å². The van der Waals surface area contributed by atoms with Crippen LogP contribution in [0.4, 0.5) is 5.69 Å². The monoisotopic (exact) mass is 325 g/mol. The average Bonchev–Trinajstić information content (AvgIpc) is 2.39. The van der Waals surface area contributed by atoms with E-state index in [0.29, 0.717) is 17.4 Å². The minimum absolute atomic E-state index is 0.243. The first-order valence-electron chi connectivity index (χ1n) is 7.55. The second kappa shape index (κ2) is 6.79. The van der Waals surface area contributed by atoms with E-state index in [1.807, 2.05) is 20.8 Å². The number of amides is 1. The number of nitrogens with one attached hydrogen (secondary N) is 2. The Morgan fingerprint density at radius 2 is 1.95 bits per heavy atom. The molecule has 7 heteroatoms. The summed E-state index contributed by atoms with van der Waals surface area (Å²) in [5.41, 5.74) is 0.609. The van der Waals surface area contributed by atoms with Gasteiger partial charge in [0.2, 0.25) is 0 Å². The molecule has 6 nitrogen and oxygen atoms in total. The second-order valence-electron chi connectivity index (χ2n) is 6.86. The molecule has 0 unspecified atom stereocenters. The number of halogens is 1. The number of piperidine rings is 1. The Labute approximate surface area is 136 Å². The minimum atomic E-state index is -0.330. The largest absolute Gasteiger partial charge is 0.380 e. The molecule has 0 atom stereocenters. The number of anilines is 1. The van der Waals surface area contributed by atoms with Gasteiger partial charge in [0.25, 0.3) is 5.91 Å². The molecule has 0 saturated carbocycles. The van der Waals surface area contributed by atoms with Crippen molar-refractivity contribution in [3.05, 3.63) is 16.9 Å². The lowest BCUT2D eigenvalue weighted by Crippen LogP contribution is -2.42. The van der Waals surface area contributed by atoms with Crippen molar-refractivity contribution in [3.63, 3.8) is 0 Å². The van der Waals surface area contributed by atoms with E-state index in [9.17, 15) is 4.79 Å². The fourth-order valence-corrected chi connectivity index (χ4v) is 2.57. The van der Waals surface area contributed by atoms with Crippen LogP contribution in [0.3, 0.4) is 0 Å². The Hall–Kier alpha value is -1.40. The standard InChI is InChI=1S/C15H24ClN5O/c1-15(2,3)18-14(22)13-11(9-12(16)19-20-13)17-10-5-7-21(4)8-6-10/h9-10H,5-8H2,1-4H3,(H,17,19)(H,18,22). The highest BCUT2D eigenvalue weighted by Gasteiger charge is 2.23. The molecular weight excluding hydrogens is 302 g/mol. The zero-order valence-corrected chi connectivity index (χ0v) is 14.4. The maximum atomic E-state index is 12.4. The molecular formula is C15H24ClN5O. The van der Waals surface area contributed by atoms with Gasteiger partial charge in [0.1, 0.15) is 0 Å². The first kappa shape index (κ1) is 17.0. The Morgan fingerprint density at radius 3 is 2.55 bits per heavy atom. The maximum Gasteiger partial charge on any atom is 0.274 e.